The van der Waals surface area contributed by atoms with Crippen LogP contribution in [0.3, 0.4) is 0 Å². The fourth-order valence-corrected chi connectivity index (χ4v) is 4.12. The second-order valence-electron chi connectivity index (χ2n) is 6.27. The van der Waals surface area contributed by atoms with Crippen molar-refractivity contribution in [3.8, 4) is 0 Å². The molecule has 0 radical (unpaired) electrons. The lowest BCUT2D eigenvalue weighted by molar-refractivity contribution is 0.167. The van der Waals surface area contributed by atoms with Gasteiger partial charge in [-0.25, -0.2) is 9.97 Å². The lowest BCUT2D eigenvalue weighted by Gasteiger charge is -2.36. The van der Waals surface area contributed by atoms with Gasteiger partial charge in [0.1, 0.15) is 17.0 Å². The highest BCUT2D eigenvalue weighted by molar-refractivity contribution is 7.16. The van der Waals surface area contributed by atoms with Gasteiger partial charge in [0.25, 0.3) is 0 Å². The molecule has 1 unspecified atom stereocenters. The summed E-state index contributed by atoms with van der Waals surface area (Å²) in [6, 6.07) is 7.25. The Bertz CT molecular complexity index is 795. The van der Waals surface area contributed by atoms with E-state index in [2.05, 4.69) is 55.7 Å². The van der Waals surface area contributed by atoms with Crippen molar-refractivity contribution < 1.29 is 0 Å². The number of rotatable bonds is 4. The number of thiophene rings is 1. The minimum Gasteiger partial charge on any atom is -0.367 e. The fourth-order valence-electron chi connectivity index (χ4n) is 3.38. The molecule has 1 saturated heterocycles. The predicted octanol–water partition coefficient (Wildman–Crippen LogP) is 3.72. The second kappa shape index (κ2) is 6.83. The lowest BCUT2D eigenvalue weighted by atomic mass is 10.0. The van der Waals surface area contributed by atoms with Gasteiger partial charge < -0.3 is 5.32 Å². The first-order valence-corrected chi connectivity index (χ1v) is 9.28. The zero-order valence-electron chi connectivity index (χ0n) is 13.7. The quantitative estimate of drug-likeness (QED) is 0.785. The predicted molar refractivity (Wildman–Crippen MR) is 98.3 cm³/mol. The number of likely N-dealkylation sites (tertiary alicyclic amines) is 1. The van der Waals surface area contributed by atoms with Gasteiger partial charge in [-0.3, -0.25) is 9.88 Å². The molecule has 0 aliphatic carbocycles. The molecule has 124 valence electrons. The summed E-state index contributed by atoms with van der Waals surface area (Å²) >= 11 is 1.66. The summed E-state index contributed by atoms with van der Waals surface area (Å²) in [6.07, 6.45) is 7.67. The molecule has 1 fully saturated rings. The average Bonchev–Trinajstić information content (AvgIpc) is 3.12. The first-order valence-electron chi connectivity index (χ1n) is 8.40. The maximum atomic E-state index is 4.44. The number of nitrogens with zero attached hydrogens (tertiary/aromatic N) is 4. The van der Waals surface area contributed by atoms with Crippen LogP contribution in [0.4, 0.5) is 5.82 Å². The van der Waals surface area contributed by atoms with Crippen molar-refractivity contribution in [2.45, 2.75) is 31.8 Å². The molecule has 1 aliphatic heterocycles. The average molecular weight is 339 g/mol. The Morgan fingerprint density at radius 2 is 1.96 bits per heavy atom. The van der Waals surface area contributed by atoms with Gasteiger partial charge in [-0.05, 0) is 48.9 Å². The van der Waals surface area contributed by atoms with Crippen LogP contribution < -0.4 is 5.32 Å². The van der Waals surface area contributed by atoms with Crippen molar-refractivity contribution in [2.75, 3.05) is 18.4 Å². The summed E-state index contributed by atoms with van der Waals surface area (Å²) in [7, 11) is 0. The molecule has 5 nitrogen and oxygen atoms in total. The molecule has 0 bridgehead atoms. The van der Waals surface area contributed by atoms with E-state index in [1.165, 1.54) is 5.56 Å². The summed E-state index contributed by atoms with van der Waals surface area (Å²) in [5.41, 5.74) is 1.34. The van der Waals surface area contributed by atoms with Gasteiger partial charge in [0.15, 0.2) is 0 Å². The van der Waals surface area contributed by atoms with Crippen molar-refractivity contribution in [2.24, 2.45) is 0 Å². The van der Waals surface area contributed by atoms with Crippen LogP contribution in [0.1, 0.15) is 31.4 Å². The minimum absolute atomic E-state index is 0.441. The molecule has 0 spiro atoms. The van der Waals surface area contributed by atoms with Crippen LogP contribution in [0.2, 0.25) is 0 Å². The maximum Gasteiger partial charge on any atom is 0.138 e. The Balaban J connectivity index is 1.39. The number of hydrogen-bond donors (Lipinski definition) is 1. The van der Waals surface area contributed by atoms with Gasteiger partial charge >= 0.3 is 0 Å². The van der Waals surface area contributed by atoms with Crippen molar-refractivity contribution in [3.63, 3.8) is 0 Å². The topological polar surface area (TPSA) is 53.9 Å². The Kier molecular flexibility index (Phi) is 4.40. The number of pyridine rings is 1. The molecule has 1 aliphatic rings. The van der Waals surface area contributed by atoms with Crippen molar-refractivity contribution in [1.29, 1.82) is 0 Å². The molecule has 4 rings (SSSR count). The van der Waals surface area contributed by atoms with E-state index >= 15 is 0 Å². The van der Waals surface area contributed by atoms with Crippen LogP contribution in [-0.4, -0.2) is 39.0 Å². The Labute approximate surface area is 145 Å². The minimum atomic E-state index is 0.441. The van der Waals surface area contributed by atoms with E-state index in [4.69, 9.17) is 0 Å². The van der Waals surface area contributed by atoms with Crippen LogP contribution in [0.5, 0.6) is 0 Å². The molecule has 0 aromatic carbocycles. The number of hydrogen-bond acceptors (Lipinski definition) is 6. The SMILES string of the molecule is CC(c1ccncc1)N1CCC(Nc2ncnc3sccc23)CC1. The van der Waals surface area contributed by atoms with Crippen LogP contribution in [0, 0.1) is 0 Å². The van der Waals surface area contributed by atoms with E-state index in [0.29, 0.717) is 12.1 Å². The molecule has 24 heavy (non-hydrogen) atoms. The number of aromatic nitrogens is 3. The summed E-state index contributed by atoms with van der Waals surface area (Å²) in [6.45, 7) is 4.47. The molecule has 4 heterocycles. The van der Waals surface area contributed by atoms with Crippen LogP contribution in [0.25, 0.3) is 10.2 Å². The molecule has 0 amide bonds. The van der Waals surface area contributed by atoms with Crippen LogP contribution in [-0.2, 0) is 0 Å². The standard InChI is InChI=1S/C18H21N5S/c1-13(14-2-7-19-8-3-14)23-9-4-15(5-10-23)22-17-16-6-11-24-18(16)21-12-20-17/h2-3,6-8,11-13,15H,4-5,9-10H2,1H3,(H,20,21,22). The highest BCUT2D eigenvalue weighted by atomic mass is 32.1. The van der Waals surface area contributed by atoms with Crippen molar-refractivity contribution >= 4 is 27.4 Å². The largest absolute Gasteiger partial charge is 0.367 e. The lowest BCUT2D eigenvalue weighted by Crippen LogP contribution is -2.40. The van der Waals surface area contributed by atoms with E-state index in [1.807, 2.05) is 12.4 Å². The second-order valence-corrected chi connectivity index (χ2v) is 7.17. The monoisotopic (exact) mass is 339 g/mol. The smallest absolute Gasteiger partial charge is 0.138 e. The molecular formula is C18H21N5S. The molecule has 3 aromatic rings. The van der Waals surface area contributed by atoms with Crippen LogP contribution in [0.15, 0.2) is 42.3 Å². The fraction of sp³-hybridized carbons (Fsp3) is 0.389. The third-order valence-electron chi connectivity index (χ3n) is 4.87. The van der Waals surface area contributed by atoms with Crippen molar-refractivity contribution in [1.82, 2.24) is 19.9 Å². The van der Waals surface area contributed by atoms with Gasteiger partial charge in [-0.2, -0.15) is 0 Å². The molecule has 3 aromatic heterocycles. The molecule has 6 heteroatoms. The molecule has 1 atom stereocenters. The maximum absolute atomic E-state index is 4.44. The zero-order valence-corrected chi connectivity index (χ0v) is 14.5. The number of piperidine rings is 1. The molecule has 0 saturated carbocycles. The number of nitrogens with one attached hydrogen (secondary N) is 1. The highest BCUT2D eigenvalue weighted by Crippen LogP contribution is 2.28. The Morgan fingerprint density at radius 1 is 1.17 bits per heavy atom. The van der Waals surface area contributed by atoms with E-state index in [9.17, 15) is 0 Å². The van der Waals surface area contributed by atoms with E-state index < -0.39 is 0 Å². The summed E-state index contributed by atoms with van der Waals surface area (Å²) < 4.78 is 0. The van der Waals surface area contributed by atoms with E-state index in [-0.39, 0.29) is 0 Å². The molecule has 1 N–H and O–H groups in total. The van der Waals surface area contributed by atoms with Gasteiger partial charge in [-0.15, -0.1) is 11.3 Å². The summed E-state index contributed by atoms with van der Waals surface area (Å²) in [5, 5.41) is 6.84. The van der Waals surface area contributed by atoms with Gasteiger partial charge in [0, 0.05) is 37.6 Å². The zero-order chi connectivity index (χ0) is 16.4. The summed E-state index contributed by atoms with van der Waals surface area (Å²) in [5.74, 6) is 0.974. The van der Waals surface area contributed by atoms with E-state index in [1.54, 1.807) is 17.7 Å². The first-order chi connectivity index (χ1) is 11.8. The Morgan fingerprint density at radius 3 is 2.75 bits per heavy atom. The van der Waals surface area contributed by atoms with Gasteiger partial charge in [0.2, 0.25) is 0 Å². The highest BCUT2D eigenvalue weighted by Gasteiger charge is 2.24. The number of fused-ring (bicyclic) bond motifs is 1. The normalized spacial score (nSPS) is 17.9. The summed E-state index contributed by atoms with van der Waals surface area (Å²) in [4.78, 5) is 16.5. The first kappa shape index (κ1) is 15.5. The third-order valence-corrected chi connectivity index (χ3v) is 5.69. The third kappa shape index (κ3) is 3.12. The number of anilines is 1. The van der Waals surface area contributed by atoms with E-state index in [0.717, 1.165) is 42.0 Å². The van der Waals surface area contributed by atoms with Gasteiger partial charge in [-0.1, -0.05) is 0 Å². The Hall–Kier alpha value is -2.05. The van der Waals surface area contributed by atoms with Crippen LogP contribution >= 0.6 is 11.3 Å². The molecular weight excluding hydrogens is 318 g/mol. The van der Waals surface area contributed by atoms with Gasteiger partial charge in [0.05, 0.1) is 5.39 Å². The van der Waals surface area contributed by atoms with Crippen molar-refractivity contribution in [3.05, 3.63) is 47.9 Å².